The Labute approximate surface area is 130 Å². The molecule has 0 spiro atoms. The Morgan fingerprint density at radius 3 is 2.90 bits per heavy atom. The predicted molar refractivity (Wildman–Crippen MR) is 87.0 cm³/mol. The number of hydrogen-bond donors (Lipinski definition) is 1. The smallest absolute Gasteiger partial charge is 0.122 e. The fourth-order valence-corrected chi connectivity index (χ4v) is 3.36. The highest BCUT2D eigenvalue weighted by molar-refractivity contribution is 7.09. The topological polar surface area (TPSA) is 34.1 Å². The van der Waals surface area contributed by atoms with Gasteiger partial charge in [-0.1, -0.05) is 18.2 Å². The summed E-state index contributed by atoms with van der Waals surface area (Å²) in [6.07, 6.45) is 6.80. The van der Waals surface area contributed by atoms with Gasteiger partial charge in [0, 0.05) is 17.1 Å². The van der Waals surface area contributed by atoms with Crippen molar-refractivity contribution in [2.45, 2.75) is 31.7 Å². The van der Waals surface area contributed by atoms with E-state index in [1.54, 1.807) is 18.4 Å². The van der Waals surface area contributed by atoms with E-state index in [1.165, 1.54) is 23.3 Å². The lowest BCUT2D eigenvalue weighted by atomic mass is 9.95. The Balaban J connectivity index is 1.67. The van der Waals surface area contributed by atoms with E-state index in [9.17, 15) is 0 Å². The zero-order chi connectivity index (χ0) is 14.5. The molecule has 1 fully saturated rings. The maximum atomic E-state index is 5.49. The molecule has 3 nitrogen and oxygen atoms in total. The number of ether oxygens (including phenoxy) is 1. The third-order valence-electron chi connectivity index (χ3n) is 3.95. The normalized spacial score (nSPS) is 15.9. The molecule has 112 valence electrons. The van der Waals surface area contributed by atoms with Crippen LogP contribution >= 0.6 is 11.3 Å². The van der Waals surface area contributed by atoms with E-state index < -0.39 is 0 Å². The molecule has 1 aliphatic carbocycles. The number of aromatic nitrogens is 1. The highest BCUT2D eigenvalue weighted by Gasteiger charge is 2.22. The second kappa shape index (κ2) is 7.05. The van der Waals surface area contributed by atoms with Crippen molar-refractivity contribution in [3.8, 4) is 5.75 Å². The summed E-state index contributed by atoms with van der Waals surface area (Å²) in [6.45, 7) is 1.07. The number of hydrogen-bond acceptors (Lipinski definition) is 4. The molecule has 1 N–H and O–H groups in total. The van der Waals surface area contributed by atoms with Crippen LogP contribution in [0.15, 0.2) is 36.0 Å². The van der Waals surface area contributed by atoms with Crippen molar-refractivity contribution in [3.63, 3.8) is 0 Å². The van der Waals surface area contributed by atoms with Crippen LogP contribution in [0, 0.1) is 5.92 Å². The first kappa shape index (κ1) is 14.5. The fraction of sp³-hybridized carbons (Fsp3) is 0.471. The summed E-state index contributed by atoms with van der Waals surface area (Å²) in [5, 5.41) is 3.67. The molecule has 0 bridgehead atoms. The molecule has 1 heterocycles. The molecule has 1 unspecified atom stereocenters. The zero-order valence-electron chi connectivity index (χ0n) is 12.4. The van der Waals surface area contributed by atoms with Crippen LogP contribution in [0.3, 0.4) is 0 Å². The maximum Gasteiger partial charge on any atom is 0.122 e. The molecular weight excluding hydrogens is 280 g/mol. The predicted octanol–water partition coefficient (Wildman–Crippen LogP) is 3.31. The Bertz CT molecular complexity index is 552. The Morgan fingerprint density at radius 2 is 2.19 bits per heavy atom. The van der Waals surface area contributed by atoms with Gasteiger partial charge in [-0.3, -0.25) is 4.98 Å². The number of thiazole rings is 1. The summed E-state index contributed by atoms with van der Waals surface area (Å²) in [6, 6.07) is 9.11. The van der Waals surface area contributed by atoms with Crippen LogP contribution in [0.1, 0.15) is 23.3 Å². The molecule has 4 heteroatoms. The van der Waals surface area contributed by atoms with Crippen molar-refractivity contribution in [2.75, 3.05) is 13.7 Å². The van der Waals surface area contributed by atoms with Crippen molar-refractivity contribution in [1.82, 2.24) is 10.3 Å². The second-order valence-corrected chi connectivity index (χ2v) is 6.71. The van der Waals surface area contributed by atoms with E-state index in [2.05, 4.69) is 22.4 Å². The van der Waals surface area contributed by atoms with Crippen LogP contribution in [0.25, 0.3) is 0 Å². The maximum absolute atomic E-state index is 5.49. The van der Waals surface area contributed by atoms with Crippen LogP contribution in [0.5, 0.6) is 5.75 Å². The van der Waals surface area contributed by atoms with Gasteiger partial charge in [-0.15, -0.1) is 11.3 Å². The molecule has 0 saturated heterocycles. The number of nitrogens with zero attached hydrogens (tertiary/aromatic N) is 1. The number of benzene rings is 1. The second-order valence-electron chi connectivity index (χ2n) is 5.74. The van der Waals surface area contributed by atoms with Gasteiger partial charge in [-0.2, -0.15) is 0 Å². The van der Waals surface area contributed by atoms with Gasteiger partial charge in [0.2, 0.25) is 0 Å². The SMILES string of the molecule is COc1ccccc1CC(CNC1CC1)Cc1cncs1. The summed E-state index contributed by atoms with van der Waals surface area (Å²) in [5.74, 6) is 1.58. The zero-order valence-corrected chi connectivity index (χ0v) is 13.2. The first-order valence-electron chi connectivity index (χ1n) is 7.58. The monoisotopic (exact) mass is 302 g/mol. The largest absolute Gasteiger partial charge is 0.496 e. The highest BCUT2D eigenvalue weighted by Crippen LogP contribution is 2.25. The van der Waals surface area contributed by atoms with Gasteiger partial charge in [0.1, 0.15) is 5.75 Å². The van der Waals surface area contributed by atoms with Gasteiger partial charge in [-0.05, 0) is 49.8 Å². The fourth-order valence-electron chi connectivity index (χ4n) is 2.65. The van der Waals surface area contributed by atoms with Crippen LogP contribution < -0.4 is 10.1 Å². The van der Waals surface area contributed by atoms with Crippen LogP contribution in [-0.4, -0.2) is 24.7 Å². The van der Waals surface area contributed by atoms with Crippen molar-refractivity contribution in [3.05, 3.63) is 46.4 Å². The number of rotatable bonds is 8. The minimum Gasteiger partial charge on any atom is -0.496 e. The van der Waals surface area contributed by atoms with E-state index in [4.69, 9.17) is 4.74 Å². The van der Waals surface area contributed by atoms with Gasteiger partial charge in [0.15, 0.2) is 0 Å². The summed E-state index contributed by atoms with van der Waals surface area (Å²) in [4.78, 5) is 5.57. The molecule has 1 saturated carbocycles. The molecule has 1 aliphatic rings. The molecule has 21 heavy (non-hydrogen) atoms. The quantitative estimate of drug-likeness (QED) is 0.812. The molecule has 1 aromatic heterocycles. The number of nitrogens with one attached hydrogen (secondary N) is 1. The average Bonchev–Trinajstić information content (AvgIpc) is 3.21. The first-order chi connectivity index (χ1) is 10.3. The van der Waals surface area contributed by atoms with Crippen molar-refractivity contribution < 1.29 is 4.74 Å². The van der Waals surface area contributed by atoms with E-state index in [1.807, 2.05) is 23.8 Å². The molecule has 2 aromatic rings. The standard InChI is InChI=1S/C17H22N2OS/c1-20-17-5-3-2-4-14(17)8-13(10-19-15-6-7-15)9-16-11-18-12-21-16/h2-5,11-13,15,19H,6-10H2,1H3. The summed E-state index contributed by atoms with van der Waals surface area (Å²) < 4.78 is 5.49. The molecule has 1 aromatic carbocycles. The Hall–Kier alpha value is -1.39. The minimum absolute atomic E-state index is 0.586. The van der Waals surface area contributed by atoms with Crippen molar-refractivity contribution >= 4 is 11.3 Å². The van der Waals surface area contributed by atoms with E-state index in [0.29, 0.717) is 5.92 Å². The molecule has 0 aliphatic heterocycles. The van der Waals surface area contributed by atoms with Crippen molar-refractivity contribution in [2.24, 2.45) is 5.92 Å². The third kappa shape index (κ3) is 4.29. The van der Waals surface area contributed by atoms with E-state index in [0.717, 1.165) is 31.2 Å². The molecule has 1 atom stereocenters. The van der Waals surface area contributed by atoms with Gasteiger partial charge >= 0.3 is 0 Å². The van der Waals surface area contributed by atoms with Gasteiger partial charge in [0.25, 0.3) is 0 Å². The van der Waals surface area contributed by atoms with E-state index >= 15 is 0 Å². The van der Waals surface area contributed by atoms with Gasteiger partial charge in [-0.25, -0.2) is 0 Å². The van der Waals surface area contributed by atoms with E-state index in [-0.39, 0.29) is 0 Å². The lowest BCUT2D eigenvalue weighted by Gasteiger charge is -2.18. The minimum atomic E-state index is 0.586. The Morgan fingerprint density at radius 1 is 1.33 bits per heavy atom. The molecule has 0 radical (unpaired) electrons. The lowest BCUT2D eigenvalue weighted by Crippen LogP contribution is -2.27. The number of para-hydroxylation sites is 1. The van der Waals surface area contributed by atoms with Crippen LogP contribution in [-0.2, 0) is 12.8 Å². The van der Waals surface area contributed by atoms with Gasteiger partial charge in [0.05, 0.1) is 12.6 Å². The average molecular weight is 302 g/mol. The summed E-state index contributed by atoms with van der Waals surface area (Å²) >= 11 is 1.75. The lowest BCUT2D eigenvalue weighted by molar-refractivity contribution is 0.400. The van der Waals surface area contributed by atoms with Crippen molar-refractivity contribution in [1.29, 1.82) is 0 Å². The van der Waals surface area contributed by atoms with Gasteiger partial charge < -0.3 is 10.1 Å². The van der Waals surface area contributed by atoms with Crippen LogP contribution in [0.2, 0.25) is 0 Å². The Kier molecular flexibility index (Phi) is 4.88. The highest BCUT2D eigenvalue weighted by atomic mass is 32.1. The molecule has 3 rings (SSSR count). The summed E-state index contributed by atoms with van der Waals surface area (Å²) in [5.41, 5.74) is 3.22. The number of methoxy groups -OCH3 is 1. The molecular formula is C17H22N2OS. The molecule has 0 amide bonds. The third-order valence-corrected chi connectivity index (χ3v) is 4.75. The summed E-state index contributed by atoms with van der Waals surface area (Å²) in [7, 11) is 1.75. The first-order valence-corrected chi connectivity index (χ1v) is 8.45. The van der Waals surface area contributed by atoms with Crippen LogP contribution in [0.4, 0.5) is 0 Å².